The Bertz CT molecular complexity index is 1350. The van der Waals surface area contributed by atoms with Crippen molar-refractivity contribution in [1.29, 1.82) is 0 Å². The van der Waals surface area contributed by atoms with Gasteiger partial charge < -0.3 is 0 Å². The zero-order valence-electron chi connectivity index (χ0n) is 18.6. The quantitative estimate of drug-likeness (QED) is 0.240. The van der Waals surface area contributed by atoms with Crippen molar-refractivity contribution in [3.8, 4) is 0 Å². The Morgan fingerprint density at radius 3 is 1.56 bits per heavy atom. The summed E-state index contributed by atoms with van der Waals surface area (Å²) in [7, 11) is 0. The number of hydrogen-bond acceptors (Lipinski definition) is 1. The summed E-state index contributed by atoms with van der Waals surface area (Å²) in [5.74, 6) is 0. The fraction of sp³-hybridized carbons (Fsp3) is 0.0323. The van der Waals surface area contributed by atoms with Gasteiger partial charge in [0.2, 0.25) is 0 Å². The second kappa shape index (κ2) is 8.32. The minimum atomic E-state index is -3.54. The SMILES string of the molecule is Brc1cccc(C2OP(c3ccccc3)(c3ccccc3)(c3ccccc3)c3ccccc32)c1. The van der Waals surface area contributed by atoms with Gasteiger partial charge in [0.25, 0.3) is 0 Å². The molecule has 0 saturated heterocycles. The van der Waals surface area contributed by atoms with Crippen molar-refractivity contribution in [2.75, 3.05) is 0 Å². The van der Waals surface area contributed by atoms with Crippen LogP contribution in [0.3, 0.4) is 0 Å². The molecule has 0 radical (unpaired) electrons. The van der Waals surface area contributed by atoms with Crippen molar-refractivity contribution in [3.05, 3.63) is 155 Å². The van der Waals surface area contributed by atoms with Gasteiger partial charge in [-0.1, -0.05) is 0 Å². The van der Waals surface area contributed by atoms with Gasteiger partial charge >= 0.3 is 210 Å². The molecule has 0 spiro atoms. The van der Waals surface area contributed by atoms with E-state index in [1.807, 2.05) is 0 Å². The number of halogens is 1. The fourth-order valence-electron chi connectivity index (χ4n) is 5.52. The van der Waals surface area contributed by atoms with Crippen molar-refractivity contribution < 1.29 is 4.52 Å². The summed E-state index contributed by atoms with van der Waals surface area (Å²) < 4.78 is 8.77. The van der Waals surface area contributed by atoms with Gasteiger partial charge in [-0.05, 0) is 0 Å². The Hall–Kier alpha value is -3.03. The van der Waals surface area contributed by atoms with Crippen molar-refractivity contribution in [3.63, 3.8) is 0 Å². The van der Waals surface area contributed by atoms with E-state index in [1.54, 1.807) is 0 Å². The first-order valence-corrected chi connectivity index (χ1v) is 14.4. The molecule has 166 valence electrons. The first-order chi connectivity index (χ1) is 16.7. The molecule has 0 amide bonds. The predicted octanol–water partition coefficient (Wildman–Crippen LogP) is 6.64. The summed E-state index contributed by atoms with van der Waals surface area (Å²) in [6.07, 6.45) is -0.188. The van der Waals surface area contributed by atoms with E-state index in [0.717, 1.165) is 10.0 Å². The van der Waals surface area contributed by atoms with Crippen LogP contribution in [0, 0.1) is 0 Å². The summed E-state index contributed by atoms with van der Waals surface area (Å²) in [6, 6.07) is 49.9. The maximum atomic E-state index is 7.72. The molecule has 1 aliphatic rings. The molecule has 1 unspecified atom stereocenters. The molecule has 0 fully saturated rings. The van der Waals surface area contributed by atoms with E-state index in [2.05, 4.69) is 155 Å². The van der Waals surface area contributed by atoms with Crippen LogP contribution in [0.15, 0.2) is 144 Å². The molecule has 0 saturated carbocycles. The molecule has 1 aliphatic heterocycles. The number of rotatable bonds is 4. The van der Waals surface area contributed by atoms with Gasteiger partial charge in [-0.15, -0.1) is 0 Å². The van der Waals surface area contributed by atoms with Gasteiger partial charge in [-0.2, -0.15) is 0 Å². The summed E-state index contributed by atoms with van der Waals surface area (Å²) in [6.45, 7) is -3.54. The molecule has 5 aromatic rings. The Balaban J connectivity index is 1.81. The third-order valence-corrected chi connectivity index (χ3v) is 13.2. The molecular formula is C31H24BrOP. The summed E-state index contributed by atoms with van der Waals surface area (Å²) >= 11 is 3.68. The molecule has 1 nitrogen and oxygen atoms in total. The average Bonchev–Trinajstić information content (AvgIpc) is 3.24. The van der Waals surface area contributed by atoms with Crippen LogP contribution in [-0.2, 0) is 4.52 Å². The van der Waals surface area contributed by atoms with Crippen molar-refractivity contribution >= 4 is 44.0 Å². The second-order valence-corrected chi connectivity index (χ2v) is 13.9. The molecule has 0 N–H and O–H groups in total. The Morgan fingerprint density at radius 2 is 1.03 bits per heavy atom. The monoisotopic (exact) mass is 522 g/mol. The molecule has 5 aromatic carbocycles. The fourth-order valence-corrected chi connectivity index (χ4v) is 12.1. The van der Waals surface area contributed by atoms with Crippen LogP contribution in [0.1, 0.15) is 17.2 Å². The Kier molecular flexibility index (Phi) is 5.26. The molecule has 3 heteroatoms. The number of hydrogen-bond donors (Lipinski definition) is 0. The van der Waals surface area contributed by atoms with Gasteiger partial charge in [0.15, 0.2) is 0 Å². The topological polar surface area (TPSA) is 9.23 Å². The van der Waals surface area contributed by atoms with Gasteiger partial charge in [-0.3, -0.25) is 0 Å². The van der Waals surface area contributed by atoms with E-state index in [9.17, 15) is 0 Å². The molecule has 1 heterocycles. The molecule has 1 atom stereocenters. The zero-order valence-corrected chi connectivity index (χ0v) is 21.1. The minimum absolute atomic E-state index is 0.188. The second-order valence-electron chi connectivity index (χ2n) is 8.64. The molecular weight excluding hydrogens is 499 g/mol. The Morgan fingerprint density at radius 1 is 0.529 bits per heavy atom. The predicted molar refractivity (Wildman–Crippen MR) is 148 cm³/mol. The van der Waals surface area contributed by atoms with Crippen LogP contribution < -0.4 is 21.2 Å². The van der Waals surface area contributed by atoms with Crippen molar-refractivity contribution in [1.82, 2.24) is 0 Å². The summed E-state index contributed by atoms with van der Waals surface area (Å²) in [5.41, 5.74) is 2.38. The summed E-state index contributed by atoms with van der Waals surface area (Å²) in [4.78, 5) is 0. The van der Waals surface area contributed by atoms with E-state index in [-0.39, 0.29) is 6.10 Å². The molecule has 34 heavy (non-hydrogen) atoms. The van der Waals surface area contributed by atoms with Gasteiger partial charge in [0.1, 0.15) is 0 Å². The van der Waals surface area contributed by atoms with Gasteiger partial charge in [-0.25, -0.2) is 0 Å². The number of fused-ring (bicyclic) bond motifs is 1. The van der Waals surface area contributed by atoms with Crippen LogP contribution in [0.25, 0.3) is 0 Å². The van der Waals surface area contributed by atoms with E-state index in [0.29, 0.717) is 0 Å². The van der Waals surface area contributed by atoms with E-state index >= 15 is 0 Å². The molecule has 0 bridgehead atoms. The normalized spacial score (nSPS) is 19.0. The van der Waals surface area contributed by atoms with E-state index in [4.69, 9.17) is 4.52 Å². The van der Waals surface area contributed by atoms with Crippen molar-refractivity contribution in [2.24, 2.45) is 0 Å². The third-order valence-electron chi connectivity index (χ3n) is 6.89. The first kappa shape index (κ1) is 21.5. The molecule has 0 aliphatic carbocycles. The van der Waals surface area contributed by atoms with E-state index in [1.165, 1.54) is 26.8 Å². The molecule has 0 aromatic heterocycles. The third kappa shape index (κ3) is 2.93. The van der Waals surface area contributed by atoms with Crippen LogP contribution in [-0.4, -0.2) is 0 Å². The van der Waals surface area contributed by atoms with Crippen LogP contribution in [0.4, 0.5) is 0 Å². The van der Waals surface area contributed by atoms with Crippen molar-refractivity contribution in [2.45, 2.75) is 6.10 Å². The van der Waals surface area contributed by atoms with Crippen LogP contribution >= 0.6 is 22.8 Å². The van der Waals surface area contributed by atoms with Crippen LogP contribution in [0.5, 0.6) is 0 Å². The standard InChI is InChI=1S/C31H24BrOP/c32-25-14-12-13-24(23-25)31-29-21-10-11-22-30(29)34(33-31,26-15-4-1-5-16-26,27-17-6-2-7-18-27)28-19-8-3-9-20-28/h1-23,31H. The van der Waals surface area contributed by atoms with Gasteiger partial charge in [0.05, 0.1) is 0 Å². The average molecular weight is 523 g/mol. The zero-order chi connectivity index (χ0) is 23.0. The Labute approximate surface area is 209 Å². The van der Waals surface area contributed by atoms with Crippen LogP contribution in [0.2, 0.25) is 0 Å². The maximum absolute atomic E-state index is 7.72. The van der Waals surface area contributed by atoms with Gasteiger partial charge in [0, 0.05) is 0 Å². The number of benzene rings is 5. The summed E-state index contributed by atoms with van der Waals surface area (Å²) in [5, 5.41) is 4.93. The van der Waals surface area contributed by atoms with E-state index < -0.39 is 6.83 Å². The molecule has 6 rings (SSSR count). The first-order valence-electron chi connectivity index (χ1n) is 11.5.